The van der Waals surface area contributed by atoms with Crippen molar-refractivity contribution in [2.45, 2.75) is 13.5 Å². The van der Waals surface area contributed by atoms with Gasteiger partial charge in [0, 0.05) is 25.8 Å². The molecule has 0 saturated carbocycles. The van der Waals surface area contributed by atoms with Gasteiger partial charge in [0.25, 0.3) is 0 Å². The number of hydrogen-bond donors (Lipinski definition) is 2. The lowest BCUT2D eigenvalue weighted by molar-refractivity contribution is 0.163. The van der Waals surface area contributed by atoms with Gasteiger partial charge in [-0.2, -0.15) is 5.10 Å². The van der Waals surface area contributed by atoms with Crippen molar-refractivity contribution >= 4 is 15.8 Å². The fourth-order valence-corrected chi connectivity index (χ4v) is 2.06. The van der Waals surface area contributed by atoms with Gasteiger partial charge >= 0.3 is 0 Å². The summed E-state index contributed by atoms with van der Waals surface area (Å²) in [4.78, 5) is 0. The fourth-order valence-electron chi connectivity index (χ4n) is 1.20. The first-order valence-electron chi connectivity index (χ1n) is 5.27. The van der Waals surface area contributed by atoms with Gasteiger partial charge in [-0.05, 0) is 6.92 Å². The molecule has 0 aliphatic heterocycles. The molecular formula is C9H18N4O3S. The molecule has 0 saturated heterocycles. The molecule has 0 fully saturated rings. The zero-order chi connectivity index (χ0) is 12.9. The van der Waals surface area contributed by atoms with Crippen molar-refractivity contribution < 1.29 is 13.2 Å². The average molecular weight is 262 g/mol. The van der Waals surface area contributed by atoms with Crippen LogP contribution in [0.4, 0.5) is 5.82 Å². The van der Waals surface area contributed by atoms with Crippen LogP contribution in [-0.4, -0.2) is 37.2 Å². The number of aryl methyl sites for hydroxylation is 1. The molecule has 3 N–H and O–H groups in total. The molecule has 98 valence electrons. The lowest BCUT2D eigenvalue weighted by Gasteiger charge is -2.06. The molecule has 1 heterocycles. The molecule has 0 unspecified atom stereocenters. The third-order valence-corrected chi connectivity index (χ3v) is 3.54. The lowest BCUT2D eigenvalue weighted by Crippen LogP contribution is -2.28. The highest BCUT2D eigenvalue weighted by Gasteiger charge is 2.12. The van der Waals surface area contributed by atoms with Crippen molar-refractivity contribution in [3.05, 3.63) is 11.8 Å². The van der Waals surface area contributed by atoms with Gasteiger partial charge in [0.15, 0.2) is 0 Å². The maximum absolute atomic E-state index is 11.5. The van der Waals surface area contributed by atoms with Crippen molar-refractivity contribution in [1.29, 1.82) is 0 Å². The molecule has 17 heavy (non-hydrogen) atoms. The van der Waals surface area contributed by atoms with Gasteiger partial charge in [-0.3, -0.25) is 4.68 Å². The van der Waals surface area contributed by atoms with Gasteiger partial charge in [-0.1, -0.05) is 0 Å². The van der Waals surface area contributed by atoms with Crippen LogP contribution in [0.5, 0.6) is 0 Å². The van der Waals surface area contributed by atoms with Crippen LogP contribution in [0, 0.1) is 0 Å². The number of nitrogens with zero attached hydrogens (tertiary/aromatic N) is 2. The highest BCUT2D eigenvalue weighted by atomic mass is 32.2. The van der Waals surface area contributed by atoms with E-state index in [9.17, 15) is 8.42 Å². The molecule has 8 heteroatoms. The van der Waals surface area contributed by atoms with E-state index < -0.39 is 10.0 Å². The molecule has 0 radical (unpaired) electrons. The van der Waals surface area contributed by atoms with Gasteiger partial charge < -0.3 is 10.5 Å². The van der Waals surface area contributed by atoms with E-state index in [1.54, 1.807) is 13.2 Å². The van der Waals surface area contributed by atoms with Gasteiger partial charge in [0.2, 0.25) is 10.0 Å². The van der Waals surface area contributed by atoms with Gasteiger partial charge in [-0.15, -0.1) is 0 Å². The molecule has 0 aromatic carbocycles. The van der Waals surface area contributed by atoms with Crippen LogP contribution in [0.25, 0.3) is 0 Å². The molecule has 1 aromatic heterocycles. The molecule has 1 aromatic rings. The highest BCUT2D eigenvalue weighted by molar-refractivity contribution is 7.89. The second-order valence-electron chi connectivity index (χ2n) is 3.52. The van der Waals surface area contributed by atoms with E-state index >= 15 is 0 Å². The minimum Gasteiger partial charge on any atom is -0.384 e. The minimum absolute atomic E-state index is 0.0546. The summed E-state index contributed by atoms with van der Waals surface area (Å²) in [5.74, 6) is 0.401. The first-order valence-corrected chi connectivity index (χ1v) is 6.93. The molecule has 0 aliphatic carbocycles. The third kappa shape index (κ3) is 4.33. The van der Waals surface area contributed by atoms with Crippen LogP contribution in [-0.2, 0) is 28.4 Å². The molecule has 0 atom stereocenters. The third-order valence-electron chi connectivity index (χ3n) is 2.25. The number of aromatic nitrogens is 2. The summed E-state index contributed by atoms with van der Waals surface area (Å²) >= 11 is 0. The second kappa shape index (κ2) is 5.99. The van der Waals surface area contributed by atoms with Crippen LogP contribution in [0.2, 0.25) is 0 Å². The van der Waals surface area contributed by atoms with Crippen molar-refractivity contribution in [2.24, 2.45) is 7.05 Å². The van der Waals surface area contributed by atoms with Crippen molar-refractivity contribution in [2.75, 3.05) is 24.7 Å². The normalized spacial score (nSPS) is 11.9. The summed E-state index contributed by atoms with van der Waals surface area (Å²) in [5.41, 5.74) is 6.35. The van der Waals surface area contributed by atoms with E-state index in [-0.39, 0.29) is 18.9 Å². The summed E-state index contributed by atoms with van der Waals surface area (Å²) in [5, 5.41) is 3.92. The molecule has 0 bridgehead atoms. The number of ether oxygens (including phenoxy) is 1. The predicted molar refractivity (Wildman–Crippen MR) is 64.7 cm³/mol. The fraction of sp³-hybridized carbons (Fsp3) is 0.667. The Labute approximate surface area is 101 Å². The summed E-state index contributed by atoms with van der Waals surface area (Å²) < 4.78 is 32.0. The Morgan fingerprint density at radius 2 is 2.29 bits per heavy atom. The average Bonchev–Trinajstić information content (AvgIpc) is 2.58. The zero-order valence-electron chi connectivity index (χ0n) is 10.0. The van der Waals surface area contributed by atoms with Crippen molar-refractivity contribution in [3.8, 4) is 0 Å². The highest BCUT2D eigenvalue weighted by Crippen LogP contribution is 2.08. The Morgan fingerprint density at radius 1 is 1.59 bits per heavy atom. The smallest absolute Gasteiger partial charge is 0.214 e. The number of nitrogens with one attached hydrogen (secondary N) is 1. The van der Waals surface area contributed by atoms with Crippen LogP contribution < -0.4 is 10.5 Å². The SMILES string of the molecule is CCOCCS(=O)(=O)NCc1cnn(C)c1N. The van der Waals surface area contributed by atoms with Gasteiger partial charge in [0.05, 0.1) is 18.6 Å². The topological polar surface area (TPSA) is 99.2 Å². The summed E-state index contributed by atoms with van der Waals surface area (Å²) in [6, 6.07) is 0. The quantitative estimate of drug-likeness (QED) is 0.643. The Morgan fingerprint density at radius 3 is 2.82 bits per heavy atom. The minimum atomic E-state index is -3.33. The van der Waals surface area contributed by atoms with E-state index in [2.05, 4.69) is 9.82 Å². The summed E-state index contributed by atoms with van der Waals surface area (Å²) in [6.45, 7) is 2.66. The van der Waals surface area contributed by atoms with E-state index in [0.717, 1.165) is 0 Å². The number of sulfonamides is 1. The van der Waals surface area contributed by atoms with Crippen LogP contribution >= 0.6 is 0 Å². The first kappa shape index (κ1) is 13.9. The largest absolute Gasteiger partial charge is 0.384 e. The first-order chi connectivity index (χ1) is 7.96. The monoisotopic (exact) mass is 262 g/mol. The van der Waals surface area contributed by atoms with Crippen LogP contribution in [0.15, 0.2) is 6.20 Å². The number of nitrogens with two attached hydrogens (primary N) is 1. The molecule has 0 amide bonds. The lowest BCUT2D eigenvalue weighted by atomic mass is 10.3. The Bertz CT molecular complexity index is 455. The standard InChI is InChI=1S/C9H18N4O3S/c1-3-16-4-5-17(14,15)12-7-8-6-11-13(2)9(8)10/h6,12H,3-5,7,10H2,1-2H3. The van der Waals surface area contributed by atoms with E-state index in [1.165, 1.54) is 4.68 Å². The Balaban J connectivity index is 2.47. The number of nitrogen functional groups attached to an aromatic ring is 1. The molecule has 0 aliphatic rings. The summed E-state index contributed by atoms with van der Waals surface area (Å²) in [7, 11) is -1.63. The van der Waals surface area contributed by atoms with Crippen LogP contribution in [0.3, 0.4) is 0 Å². The number of rotatable bonds is 7. The van der Waals surface area contributed by atoms with E-state index in [4.69, 9.17) is 10.5 Å². The van der Waals surface area contributed by atoms with Crippen molar-refractivity contribution in [3.63, 3.8) is 0 Å². The van der Waals surface area contributed by atoms with E-state index in [1.807, 2.05) is 6.92 Å². The molecule has 0 spiro atoms. The van der Waals surface area contributed by atoms with E-state index in [0.29, 0.717) is 18.0 Å². The zero-order valence-corrected chi connectivity index (χ0v) is 10.8. The Kier molecular flexibility index (Phi) is 4.91. The Hall–Kier alpha value is -1.12. The van der Waals surface area contributed by atoms with Gasteiger partial charge in [-0.25, -0.2) is 13.1 Å². The summed E-state index contributed by atoms with van der Waals surface area (Å²) in [6.07, 6.45) is 1.54. The second-order valence-corrected chi connectivity index (χ2v) is 5.44. The van der Waals surface area contributed by atoms with Crippen molar-refractivity contribution in [1.82, 2.24) is 14.5 Å². The molecule has 7 nitrogen and oxygen atoms in total. The number of anilines is 1. The maximum Gasteiger partial charge on any atom is 0.214 e. The number of hydrogen-bond acceptors (Lipinski definition) is 5. The van der Waals surface area contributed by atoms with Gasteiger partial charge in [0.1, 0.15) is 5.82 Å². The van der Waals surface area contributed by atoms with Crippen LogP contribution in [0.1, 0.15) is 12.5 Å². The predicted octanol–water partition coefficient (Wildman–Crippen LogP) is -0.542. The molecule has 1 rings (SSSR count). The molecular weight excluding hydrogens is 244 g/mol. The maximum atomic E-state index is 11.5.